The molecule has 0 aliphatic carbocycles. The summed E-state index contributed by atoms with van der Waals surface area (Å²) in [4.78, 5) is 40.6. The SMILES string of the molecule is C=CCOc1ccc2ccccc2c1-c1c(OCC(=O)C[C@H](CCC[NH+]=C(N)N)C(=O)Nc2cccc(COC=O)c2)ccc2ccccc12.[Cl-]. The number of anilines is 1. The van der Waals surface area contributed by atoms with E-state index < -0.39 is 5.92 Å². The highest BCUT2D eigenvalue weighted by molar-refractivity contribution is 6.10. The number of halogens is 1. The smallest absolute Gasteiger partial charge is 0.338 e. The molecule has 0 saturated heterocycles. The molecule has 0 bridgehead atoms. The van der Waals surface area contributed by atoms with E-state index in [1.165, 1.54) is 0 Å². The molecule has 5 aromatic rings. The minimum atomic E-state index is -0.658. The summed E-state index contributed by atoms with van der Waals surface area (Å²) in [6.45, 7) is 4.77. The van der Waals surface area contributed by atoms with E-state index in [0.29, 0.717) is 55.2 Å². The Hall–Kier alpha value is -5.87. The van der Waals surface area contributed by atoms with Crippen LogP contribution in [0.5, 0.6) is 11.5 Å². The monoisotopic (exact) mass is 708 g/mol. The fraction of sp³-hybridized carbons (Fsp3) is 0.200. The minimum Gasteiger partial charge on any atom is -1.00 e. The number of Topliss-reactive ketones (excluding diaryl/α,β-unsaturated/α-hetero) is 1. The van der Waals surface area contributed by atoms with E-state index in [1.807, 2.05) is 72.8 Å². The van der Waals surface area contributed by atoms with Gasteiger partial charge in [0.2, 0.25) is 5.91 Å². The fourth-order valence-electron chi connectivity index (χ4n) is 5.92. The van der Waals surface area contributed by atoms with Gasteiger partial charge in [-0.3, -0.25) is 30.8 Å². The average Bonchev–Trinajstić information content (AvgIpc) is 3.13. The van der Waals surface area contributed by atoms with Crippen molar-refractivity contribution in [3.8, 4) is 22.6 Å². The standard InChI is InChI=1S/C40H40N4O6.ClH/c1-2-21-49-35-18-16-28-10-3-5-14-33(28)37(35)38-34-15-6-4-11-29(34)17-19-36(38)50-25-32(46)23-30(12-8-20-43-40(41)42)39(47)44-31-13-7-9-27(22-31)24-48-26-45;/h2-7,9-11,13-19,22,26,30H,1,8,12,20-21,23-25H2,(H,44,47)(H4,41,42,43);1H/t30-;/m0./s1. The normalized spacial score (nSPS) is 11.1. The number of ether oxygens (including phenoxy) is 3. The van der Waals surface area contributed by atoms with Crippen molar-refractivity contribution >= 4 is 51.4 Å². The van der Waals surface area contributed by atoms with E-state index in [2.05, 4.69) is 16.9 Å². The molecule has 0 fully saturated rings. The third-order valence-corrected chi connectivity index (χ3v) is 8.19. The van der Waals surface area contributed by atoms with Gasteiger partial charge in [-0.1, -0.05) is 85.5 Å². The summed E-state index contributed by atoms with van der Waals surface area (Å²) in [7, 11) is 0. The van der Waals surface area contributed by atoms with Gasteiger partial charge in [0, 0.05) is 29.2 Å². The van der Waals surface area contributed by atoms with Crippen LogP contribution >= 0.6 is 0 Å². The molecule has 0 aliphatic heterocycles. The Balaban J connectivity index is 0.00000583. The lowest BCUT2D eigenvalue weighted by molar-refractivity contribution is -0.459. The molecule has 51 heavy (non-hydrogen) atoms. The summed E-state index contributed by atoms with van der Waals surface area (Å²) >= 11 is 0. The molecular weight excluding hydrogens is 668 g/mol. The number of carbonyl (C=O) groups is 3. The first kappa shape index (κ1) is 37.9. The molecule has 1 amide bonds. The number of hydrogen-bond donors (Lipinski definition) is 4. The Morgan fingerprint density at radius 1 is 0.843 bits per heavy atom. The van der Waals surface area contributed by atoms with Crippen LogP contribution in [0.15, 0.2) is 110 Å². The Labute approximate surface area is 302 Å². The maximum atomic E-state index is 13.6. The predicted molar refractivity (Wildman–Crippen MR) is 196 cm³/mol. The Morgan fingerprint density at radius 3 is 2.12 bits per heavy atom. The van der Waals surface area contributed by atoms with Crippen LogP contribution < -0.4 is 43.7 Å². The van der Waals surface area contributed by atoms with E-state index in [-0.39, 0.29) is 49.7 Å². The zero-order valence-corrected chi connectivity index (χ0v) is 28.9. The second kappa shape index (κ2) is 18.8. The topological polar surface area (TPSA) is 157 Å². The van der Waals surface area contributed by atoms with Gasteiger partial charge in [0.1, 0.15) is 31.3 Å². The van der Waals surface area contributed by atoms with Gasteiger partial charge in [-0.25, -0.2) is 0 Å². The molecule has 11 heteroatoms. The molecule has 0 aromatic heterocycles. The van der Waals surface area contributed by atoms with E-state index >= 15 is 0 Å². The largest absolute Gasteiger partial charge is 1.00 e. The Kier molecular flexibility index (Phi) is 14.0. The maximum absolute atomic E-state index is 13.6. The lowest BCUT2D eigenvalue weighted by Crippen LogP contribution is -3.00. The molecule has 0 aliphatic rings. The molecule has 264 valence electrons. The molecule has 5 rings (SSSR count). The van der Waals surface area contributed by atoms with Gasteiger partial charge < -0.3 is 31.9 Å². The number of benzene rings is 5. The summed E-state index contributed by atoms with van der Waals surface area (Å²) < 4.78 is 17.3. The highest BCUT2D eigenvalue weighted by Crippen LogP contribution is 2.45. The van der Waals surface area contributed by atoms with Gasteiger partial charge in [-0.05, 0) is 64.2 Å². The van der Waals surface area contributed by atoms with Crippen LogP contribution in [0.25, 0.3) is 32.7 Å². The second-order valence-electron chi connectivity index (χ2n) is 11.8. The first-order valence-corrected chi connectivity index (χ1v) is 16.4. The molecular formula is C40H41ClN4O6. The molecule has 0 radical (unpaired) electrons. The molecule has 5 aromatic carbocycles. The number of carbonyl (C=O) groups excluding carboxylic acids is 3. The summed E-state index contributed by atoms with van der Waals surface area (Å²) in [5.41, 5.74) is 14.0. The highest BCUT2D eigenvalue weighted by atomic mass is 35.5. The summed E-state index contributed by atoms with van der Waals surface area (Å²) in [5, 5.41) is 6.86. The van der Waals surface area contributed by atoms with Crippen LogP contribution in [0.2, 0.25) is 0 Å². The predicted octanol–water partition coefficient (Wildman–Crippen LogP) is 1.63. The zero-order valence-electron chi connectivity index (χ0n) is 28.1. The van der Waals surface area contributed by atoms with E-state index in [1.54, 1.807) is 30.3 Å². The number of fused-ring (bicyclic) bond motifs is 2. The van der Waals surface area contributed by atoms with Crippen LogP contribution in [0, 0.1) is 5.92 Å². The van der Waals surface area contributed by atoms with Crippen molar-refractivity contribution in [2.75, 3.05) is 25.1 Å². The van der Waals surface area contributed by atoms with Crippen LogP contribution in [0.3, 0.4) is 0 Å². The molecule has 0 unspecified atom stereocenters. The lowest BCUT2D eigenvalue weighted by Gasteiger charge is -2.20. The molecule has 10 nitrogen and oxygen atoms in total. The first-order chi connectivity index (χ1) is 24.4. The average molecular weight is 709 g/mol. The molecule has 0 saturated carbocycles. The van der Waals surface area contributed by atoms with Gasteiger partial charge in [-0.2, -0.15) is 0 Å². The van der Waals surface area contributed by atoms with Crippen molar-refractivity contribution in [2.24, 2.45) is 17.4 Å². The highest BCUT2D eigenvalue weighted by Gasteiger charge is 2.24. The molecule has 0 spiro atoms. The van der Waals surface area contributed by atoms with Crippen molar-refractivity contribution in [3.63, 3.8) is 0 Å². The molecule has 1 atom stereocenters. The van der Waals surface area contributed by atoms with Crippen LogP contribution in [-0.4, -0.2) is 43.9 Å². The van der Waals surface area contributed by atoms with Gasteiger partial charge in [0.25, 0.3) is 6.47 Å². The van der Waals surface area contributed by atoms with Crippen molar-refractivity contribution < 1.29 is 46.0 Å². The maximum Gasteiger partial charge on any atom is 0.338 e. The van der Waals surface area contributed by atoms with Gasteiger partial charge in [0.05, 0.1) is 6.54 Å². The van der Waals surface area contributed by atoms with Crippen molar-refractivity contribution in [2.45, 2.75) is 25.9 Å². The fourth-order valence-corrected chi connectivity index (χ4v) is 5.92. The third kappa shape index (κ3) is 10.1. The van der Waals surface area contributed by atoms with Crippen molar-refractivity contribution in [1.82, 2.24) is 0 Å². The number of hydrogen-bond acceptors (Lipinski definition) is 6. The quantitative estimate of drug-likeness (QED) is 0.0352. The van der Waals surface area contributed by atoms with Gasteiger partial charge in [-0.15, -0.1) is 0 Å². The summed E-state index contributed by atoms with van der Waals surface area (Å²) in [6.07, 6.45) is 2.59. The number of rotatable bonds is 18. The number of amides is 1. The van der Waals surface area contributed by atoms with E-state index in [0.717, 1.165) is 32.7 Å². The third-order valence-electron chi connectivity index (χ3n) is 8.19. The van der Waals surface area contributed by atoms with Crippen LogP contribution in [0.4, 0.5) is 5.69 Å². The van der Waals surface area contributed by atoms with Crippen LogP contribution in [-0.2, 0) is 25.7 Å². The Morgan fingerprint density at radius 2 is 1.49 bits per heavy atom. The minimum absolute atomic E-state index is 0. The first-order valence-electron chi connectivity index (χ1n) is 16.4. The van der Waals surface area contributed by atoms with Crippen LogP contribution in [0.1, 0.15) is 24.8 Å². The van der Waals surface area contributed by atoms with Gasteiger partial charge >= 0.3 is 5.96 Å². The second-order valence-corrected chi connectivity index (χ2v) is 11.8. The number of guanidine groups is 1. The summed E-state index contributed by atoms with van der Waals surface area (Å²) in [5.74, 6) is 0.0538. The van der Waals surface area contributed by atoms with Crippen molar-refractivity contribution in [3.05, 3.63) is 115 Å². The zero-order chi connectivity index (χ0) is 35.3. The Bertz CT molecular complexity index is 2030. The number of nitrogens with two attached hydrogens (primary N) is 2. The van der Waals surface area contributed by atoms with Crippen molar-refractivity contribution in [1.29, 1.82) is 0 Å². The van der Waals surface area contributed by atoms with E-state index in [9.17, 15) is 14.4 Å². The van der Waals surface area contributed by atoms with E-state index in [4.69, 9.17) is 25.7 Å². The molecule has 0 heterocycles. The molecule has 6 N–H and O–H groups in total. The summed E-state index contributed by atoms with van der Waals surface area (Å²) in [6, 6.07) is 30.8. The number of nitrogens with one attached hydrogen (secondary N) is 2. The van der Waals surface area contributed by atoms with Gasteiger partial charge in [0.15, 0.2) is 5.78 Å². The number of ketones is 1. The lowest BCUT2D eigenvalue weighted by atomic mass is 9.92.